The number of benzene rings is 1. The van der Waals surface area contributed by atoms with Crippen molar-refractivity contribution in [3.63, 3.8) is 0 Å². The second kappa shape index (κ2) is 8.44. The largest absolute Gasteiger partial charge is 0.372 e. The van der Waals surface area contributed by atoms with Gasteiger partial charge in [-0.3, -0.25) is 0 Å². The maximum Gasteiger partial charge on any atom is 0.224 e. The Kier molecular flexibility index (Phi) is 5.79. The van der Waals surface area contributed by atoms with E-state index in [2.05, 4.69) is 49.4 Å². The molecule has 4 rings (SSSR count). The van der Waals surface area contributed by atoms with Gasteiger partial charge in [0.1, 0.15) is 5.82 Å². The van der Waals surface area contributed by atoms with E-state index < -0.39 is 0 Å². The first-order valence-corrected chi connectivity index (χ1v) is 10.4. The van der Waals surface area contributed by atoms with Crippen LogP contribution >= 0.6 is 11.6 Å². The summed E-state index contributed by atoms with van der Waals surface area (Å²) in [4.78, 5) is 13.3. The summed E-state index contributed by atoms with van der Waals surface area (Å²) in [5.74, 6) is 0.948. The van der Waals surface area contributed by atoms with Gasteiger partial charge in [-0.15, -0.1) is 0 Å². The molecule has 1 aromatic carbocycles. The second-order valence-corrected chi connectivity index (χ2v) is 7.98. The molecule has 0 saturated carbocycles. The van der Waals surface area contributed by atoms with E-state index in [1.807, 2.05) is 13.0 Å². The van der Waals surface area contributed by atoms with Crippen LogP contribution < -0.4 is 15.1 Å². The van der Waals surface area contributed by atoms with Gasteiger partial charge in [0.15, 0.2) is 0 Å². The number of aromatic nitrogens is 2. The van der Waals surface area contributed by atoms with Gasteiger partial charge in [-0.05, 0) is 61.9 Å². The summed E-state index contributed by atoms with van der Waals surface area (Å²) in [5.41, 5.74) is 3.67. The minimum absolute atomic E-state index is 0.336. The van der Waals surface area contributed by atoms with E-state index in [-0.39, 0.29) is 0 Å². The molecule has 1 aromatic heterocycles. The molecule has 6 heteroatoms. The molecule has 1 N–H and O–H groups in total. The van der Waals surface area contributed by atoms with Crippen molar-refractivity contribution in [2.24, 2.45) is 0 Å². The van der Waals surface area contributed by atoms with Crippen LogP contribution in [0.5, 0.6) is 0 Å². The molecule has 5 nitrogen and oxygen atoms in total. The van der Waals surface area contributed by atoms with Crippen LogP contribution in [0.1, 0.15) is 36.9 Å². The van der Waals surface area contributed by atoms with Crippen LogP contribution in [-0.4, -0.2) is 42.2 Å². The number of piperidine rings is 1. The average Bonchev–Trinajstić information content (AvgIpc) is 3.21. The fraction of sp³-hybridized carbons (Fsp3) is 0.524. The van der Waals surface area contributed by atoms with Gasteiger partial charge in [-0.2, -0.15) is 0 Å². The molecule has 2 aliphatic heterocycles. The number of hydrogen-bond donors (Lipinski definition) is 1. The lowest BCUT2D eigenvalue weighted by molar-refractivity contribution is 0.412. The van der Waals surface area contributed by atoms with Crippen molar-refractivity contribution in [1.82, 2.24) is 15.3 Å². The van der Waals surface area contributed by atoms with Gasteiger partial charge in [0.25, 0.3) is 0 Å². The summed E-state index contributed by atoms with van der Waals surface area (Å²) >= 11 is 6.01. The van der Waals surface area contributed by atoms with Crippen molar-refractivity contribution >= 4 is 23.1 Å². The molecule has 0 radical (unpaired) electrons. The van der Waals surface area contributed by atoms with Crippen molar-refractivity contribution in [3.8, 4) is 0 Å². The highest BCUT2D eigenvalue weighted by Crippen LogP contribution is 2.22. The van der Waals surface area contributed by atoms with E-state index in [1.54, 1.807) is 0 Å². The summed E-state index contributed by atoms with van der Waals surface area (Å²) in [6, 6.07) is 11.6. The molecular formula is C21H28ClN5. The van der Waals surface area contributed by atoms with Crippen LogP contribution in [0.15, 0.2) is 30.3 Å². The molecule has 27 heavy (non-hydrogen) atoms. The molecule has 0 aliphatic carbocycles. The first-order chi connectivity index (χ1) is 13.2. The fourth-order valence-electron chi connectivity index (χ4n) is 4.09. The maximum absolute atomic E-state index is 6.01. The Labute approximate surface area is 166 Å². The zero-order chi connectivity index (χ0) is 18.6. The van der Waals surface area contributed by atoms with Gasteiger partial charge < -0.3 is 15.1 Å². The van der Waals surface area contributed by atoms with Gasteiger partial charge >= 0.3 is 0 Å². The Morgan fingerprint density at radius 1 is 1.04 bits per heavy atom. The Morgan fingerprint density at radius 2 is 1.81 bits per heavy atom. The quantitative estimate of drug-likeness (QED) is 0.793. The van der Waals surface area contributed by atoms with E-state index >= 15 is 0 Å². The zero-order valence-electron chi connectivity index (χ0n) is 16.0. The third kappa shape index (κ3) is 4.71. The second-order valence-electron chi connectivity index (χ2n) is 7.64. The number of halogens is 1. The zero-order valence-corrected chi connectivity index (χ0v) is 16.8. The summed E-state index contributed by atoms with van der Waals surface area (Å²) in [7, 11) is 0. The molecule has 2 aliphatic rings. The molecule has 2 fully saturated rings. The monoisotopic (exact) mass is 385 g/mol. The highest BCUT2D eigenvalue weighted by Gasteiger charge is 2.20. The lowest BCUT2D eigenvalue weighted by Crippen LogP contribution is -2.42. The van der Waals surface area contributed by atoms with Gasteiger partial charge in [-0.25, -0.2) is 9.97 Å². The highest BCUT2D eigenvalue weighted by molar-refractivity contribution is 6.28. The van der Waals surface area contributed by atoms with Crippen LogP contribution in [0.2, 0.25) is 5.28 Å². The van der Waals surface area contributed by atoms with Crippen LogP contribution in [0.4, 0.5) is 11.5 Å². The van der Waals surface area contributed by atoms with E-state index in [0.29, 0.717) is 11.3 Å². The highest BCUT2D eigenvalue weighted by atomic mass is 35.5. The third-order valence-electron chi connectivity index (χ3n) is 5.61. The Hall–Kier alpha value is -1.85. The SMILES string of the molecule is Cc1cc(N2CCC(NCc3cccc(N4CCCC4)c3)CC2)nc(Cl)n1. The molecule has 0 spiro atoms. The molecule has 0 unspecified atom stereocenters. The first-order valence-electron chi connectivity index (χ1n) is 10.0. The van der Waals surface area contributed by atoms with E-state index in [4.69, 9.17) is 11.6 Å². The van der Waals surface area contributed by atoms with Gasteiger partial charge in [0.05, 0.1) is 0 Å². The van der Waals surface area contributed by atoms with E-state index in [9.17, 15) is 0 Å². The lowest BCUT2D eigenvalue weighted by atomic mass is 10.0. The number of nitrogens with one attached hydrogen (secondary N) is 1. The van der Waals surface area contributed by atoms with Crippen LogP contribution in [-0.2, 0) is 6.54 Å². The van der Waals surface area contributed by atoms with Crippen LogP contribution in [0, 0.1) is 6.92 Å². The number of hydrogen-bond acceptors (Lipinski definition) is 5. The topological polar surface area (TPSA) is 44.3 Å². The third-order valence-corrected chi connectivity index (χ3v) is 5.78. The maximum atomic E-state index is 6.01. The van der Waals surface area contributed by atoms with E-state index in [0.717, 1.165) is 44.0 Å². The Bertz CT molecular complexity index is 747. The number of rotatable bonds is 5. The summed E-state index contributed by atoms with van der Waals surface area (Å²) in [6.45, 7) is 7.28. The smallest absolute Gasteiger partial charge is 0.224 e. The predicted octanol–water partition coefficient (Wildman–Crippen LogP) is 3.80. The molecule has 0 atom stereocenters. The molecule has 0 bridgehead atoms. The minimum Gasteiger partial charge on any atom is -0.372 e. The van der Waals surface area contributed by atoms with Crippen LogP contribution in [0.3, 0.4) is 0 Å². The molecule has 2 saturated heterocycles. The standard InChI is InChI=1S/C21H28ClN5/c1-16-13-20(25-21(22)24-16)27-11-7-18(8-12-27)23-15-17-5-4-6-19(14-17)26-9-2-3-10-26/h4-6,13-14,18,23H,2-3,7-12,15H2,1H3. The Morgan fingerprint density at radius 3 is 2.56 bits per heavy atom. The van der Waals surface area contributed by atoms with E-state index in [1.165, 1.54) is 37.2 Å². The normalized spacial score (nSPS) is 18.3. The molecule has 144 valence electrons. The first kappa shape index (κ1) is 18.5. The molecule has 2 aromatic rings. The van der Waals surface area contributed by atoms with Crippen LogP contribution in [0.25, 0.3) is 0 Å². The summed E-state index contributed by atoms with van der Waals surface area (Å²) in [5, 5.41) is 4.08. The minimum atomic E-state index is 0.336. The number of anilines is 2. The predicted molar refractivity (Wildman–Crippen MR) is 112 cm³/mol. The van der Waals surface area contributed by atoms with Crippen molar-refractivity contribution in [2.45, 2.75) is 45.2 Å². The fourth-order valence-corrected chi connectivity index (χ4v) is 4.31. The summed E-state index contributed by atoms with van der Waals surface area (Å²) in [6.07, 6.45) is 4.87. The van der Waals surface area contributed by atoms with Crippen molar-refractivity contribution in [2.75, 3.05) is 36.0 Å². The molecule has 3 heterocycles. The number of aryl methyl sites for hydroxylation is 1. The van der Waals surface area contributed by atoms with Crippen molar-refractivity contribution in [1.29, 1.82) is 0 Å². The van der Waals surface area contributed by atoms with Gasteiger partial charge in [0, 0.05) is 56.2 Å². The Balaban J connectivity index is 1.29. The van der Waals surface area contributed by atoms with Crippen molar-refractivity contribution < 1.29 is 0 Å². The summed E-state index contributed by atoms with van der Waals surface area (Å²) < 4.78 is 0. The number of nitrogens with zero attached hydrogens (tertiary/aromatic N) is 4. The average molecular weight is 386 g/mol. The molecule has 0 amide bonds. The van der Waals surface area contributed by atoms with Gasteiger partial charge in [-0.1, -0.05) is 12.1 Å². The lowest BCUT2D eigenvalue weighted by Gasteiger charge is -2.33. The molecular weight excluding hydrogens is 358 g/mol. The van der Waals surface area contributed by atoms with Crippen molar-refractivity contribution in [3.05, 3.63) is 46.9 Å². The van der Waals surface area contributed by atoms with Gasteiger partial charge in [0.2, 0.25) is 5.28 Å².